The van der Waals surface area contributed by atoms with Gasteiger partial charge >= 0.3 is 0 Å². The predicted octanol–water partition coefficient (Wildman–Crippen LogP) is 2.85. The fraction of sp³-hybridized carbons (Fsp3) is 0.105. The van der Waals surface area contributed by atoms with Gasteiger partial charge in [-0.05, 0) is 23.8 Å². The van der Waals surface area contributed by atoms with Crippen molar-refractivity contribution in [1.29, 1.82) is 0 Å². The number of nitrogens with two attached hydrogens (primary N) is 1. The maximum atomic E-state index is 12.0. The molecule has 0 saturated heterocycles. The number of primary sulfonamides is 1. The molecule has 1 aromatic heterocycles. The fourth-order valence-corrected chi connectivity index (χ4v) is 3.20. The zero-order valence-corrected chi connectivity index (χ0v) is 14.7. The molecule has 0 fully saturated rings. The Morgan fingerprint density at radius 1 is 0.885 bits per heavy atom. The van der Waals surface area contributed by atoms with Gasteiger partial charge in [-0.2, -0.15) is 0 Å². The van der Waals surface area contributed by atoms with E-state index in [0.717, 1.165) is 5.56 Å². The molecule has 26 heavy (non-hydrogen) atoms. The molecule has 0 atom stereocenters. The molecule has 6 nitrogen and oxygen atoms in total. The second-order valence-electron chi connectivity index (χ2n) is 5.43. The SMILES string of the molecule is NS(=O)(=O)c1cc(OCCOc2ccccn2)ccc1-c1ccccc1. The number of hydrogen-bond donors (Lipinski definition) is 1. The molecule has 1 heterocycles. The van der Waals surface area contributed by atoms with Gasteiger partial charge in [-0.1, -0.05) is 36.4 Å². The van der Waals surface area contributed by atoms with Crippen LogP contribution >= 0.6 is 0 Å². The molecule has 7 heteroatoms. The Kier molecular flexibility index (Phi) is 5.50. The lowest BCUT2D eigenvalue weighted by Crippen LogP contribution is -2.14. The topological polar surface area (TPSA) is 91.5 Å². The quantitative estimate of drug-likeness (QED) is 0.646. The Labute approximate surface area is 152 Å². The van der Waals surface area contributed by atoms with E-state index in [9.17, 15) is 8.42 Å². The minimum Gasteiger partial charge on any atom is -0.490 e. The van der Waals surface area contributed by atoms with Gasteiger partial charge in [0, 0.05) is 23.9 Å². The molecule has 0 radical (unpaired) electrons. The Hall–Kier alpha value is -2.90. The summed E-state index contributed by atoms with van der Waals surface area (Å²) in [5, 5.41) is 5.38. The Balaban J connectivity index is 1.73. The average molecular weight is 370 g/mol. The van der Waals surface area contributed by atoms with Gasteiger partial charge in [-0.3, -0.25) is 0 Å². The number of aromatic nitrogens is 1. The van der Waals surface area contributed by atoms with Gasteiger partial charge in [0.25, 0.3) is 0 Å². The van der Waals surface area contributed by atoms with E-state index in [-0.39, 0.29) is 18.1 Å². The number of nitrogens with zero attached hydrogens (tertiary/aromatic N) is 1. The summed E-state index contributed by atoms with van der Waals surface area (Å²) in [5.74, 6) is 0.902. The lowest BCUT2D eigenvalue weighted by molar-refractivity contribution is 0.211. The second kappa shape index (κ2) is 7.99. The van der Waals surface area contributed by atoms with Gasteiger partial charge in [0.1, 0.15) is 19.0 Å². The number of rotatable bonds is 7. The molecule has 2 aromatic carbocycles. The zero-order chi connectivity index (χ0) is 18.4. The van der Waals surface area contributed by atoms with Crippen LogP contribution in [0.15, 0.2) is 77.8 Å². The number of benzene rings is 2. The van der Waals surface area contributed by atoms with Crippen molar-refractivity contribution >= 4 is 10.0 Å². The summed E-state index contributed by atoms with van der Waals surface area (Å²) in [4.78, 5) is 4.06. The van der Waals surface area contributed by atoms with E-state index >= 15 is 0 Å². The maximum absolute atomic E-state index is 12.0. The molecular weight excluding hydrogens is 352 g/mol. The average Bonchev–Trinajstić information content (AvgIpc) is 2.66. The summed E-state index contributed by atoms with van der Waals surface area (Å²) in [5.41, 5.74) is 1.30. The van der Waals surface area contributed by atoms with Gasteiger partial charge in [0.2, 0.25) is 15.9 Å². The molecule has 0 aliphatic carbocycles. The Morgan fingerprint density at radius 2 is 1.62 bits per heavy atom. The first-order valence-corrected chi connectivity index (χ1v) is 9.47. The van der Waals surface area contributed by atoms with Crippen molar-refractivity contribution in [3.05, 3.63) is 72.9 Å². The highest BCUT2D eigenvalue weighted by Crippen LogP contribution is 2.30. The first kappa shape index (κ1) is 17.9. The van der Waals surface area contributed by atoms with Crippen LogP contribution in [-0.4, -0.2) is 26.6 Å². The third kappa shape index (κ3) is 4.59. The lowest BCUT2D eigenvalue weighted by Gasteiger charge is -2.12. The van der Waals surface area contributed by atoms with Crippen LogP contribution in [0.3, 0.4) is 0 Å². The van der Waals surface area contributed by atoms with Gasteiger partial charge in [-0.15, -0.1) is 0 Å². The lowest BCUT2D eigenvalue weighted by atomic mass is 10.1. The van der Waals surface area contributed by atoms with Crippen molar-refractivity contribution in [2.24, 2.45) is 5.14 Å². The van der Waals surface area contributed by atoms with Crippen LogP contribution < -0.4 is 14.6 Å². The summed E-state index contributed by atoms with van der Waals surface area (Å²) >= 11 is 0. The first-order chi connectivity index (χ1) is 12.5. The van der Waals surface area contributed by atoms with E-state index in [2.05, 4.69) is 4.98 Å². The largest absolute Gasteiger partial charge is 0.490 e. The fourth-order valence-electron chi connectivity index (χ4n) is 2.42. The van der Waals surface area contributed by atoms with Gasteiger partial charge in [0.15, 0.2) is 0 Å². The molecule has 3 aromatic rings. The number of sulfonamides is 1. The molecule has 134 valence electrons. The molecule has 0 aliphatic rings. The second-order valence-corrected chi connectivity index (χ2v) is 6.96. The maximum Gasteiger partial charge on any atom is 0.238 e. The number of hydrogen-bond acceptors (Lipinski definition) is 5. The molecule has 0 amide bonds. The standard InChI is InChI=1S/C19H18N2O4S/c20-26(22,23)18-14-16(9-10-17(18)15-6-2-1-3-7-15)24-12-13-25-19-8-4-5-11-21-19/h1-11,14H,12-13H2,(H2,20,22,23). The Morgan fingerprint density at radius 3 is 2.31 bits per heavy atom. The highest BCUT2D eigenvalue weighted by Gasteiger charge is 2.16. The third-order valence-electron chi connectivity index (χ3n) is 3.58. The predicted molar refractivity (Wildman–Crippen MR) is 98.5 cm³/mol. The highest BCUT2D eigenvalue weighted by atomic mass is 32.2. The smallest absolute Gasteiger partial charge is 0.238 e. The first-order valence-electron chi connectivity index (χ1n) is 7.93. The normalized spacial score (nSPS) is 11.1. The van der Waals surface area contributed by atoms with Gasteiger partial charge < -0.3 is 9.47 Å². The van der Waals surface area contributed by atoms with Crippen molar-refractivity contribution in [2.75, 3.05) is 13.2 Å². The Bertz CT molecular complexity index is 961. The van der Waals surface area contributed by atoms with E-state index in [1.165, 1.54) is 6.07 Å². The summed E-state index contributed by atoms with van der Waals surface area (Å²) in [6.07, 6.45) is 1.64. The van der Waals surface area contributed by atoms with Crippen LogP contribution in [0.4, 0.5) is 0 Å². The molecule has 2 N–H and O–H groups in total. The number of ether oxygens (including phenoxy) is 2. The minimum atomic E-state index is -3.90. The summed E-state index contributed by atoms with van der Waals surface area (Å²) in [6, 6.07) is 19.4. The van der Waals surface area contributed by atoms with Gasteiger partial charge in [0.05, 0.1) is 4.90 Å². The number of pyridine rings is 1. The van der Waals surface area contributed by atoms with E-state index in [4.69, 9.17) is 14.6 Å². The minimum absolute atomic E-state index is 0.0202. The van der Waals surface area contributed by atoms with Crippen molar-refractivity contribution < 1.29 is 17.9 Å². The van der Waals surface area contributed by atoms with E-state index < -0.39 is 10.0 Å². The van der Waals surface area contributed by atoms with Gasteiger partial charge in [-0.25, -0.2) is 18.5 Å². The monoisotopic (exact) mass is 370 g/mol. The summed E-state index contributed by atoms with van der Waals surface area (Å²) in [7, 11) is -3.90. The molecule has 0 spiro atoms. The van der Waals surface area contributed by atoms with E-state index in [1.807, 2.05) is 36.4 Å². The van der Waals surface area contributed by atoms with Crippen molar-refractivity contribution in [3.63, 3.8) is 0 Å². The third-order valence-corrected chi connectivity index (χ3v) is 4.53. The molecule has 3 rings (SSSR count). The van der Waals surface area contributed by atoms with E-state index in [1.54, 1.807) is 30.5 Å². The molecule has 0 bridgehead atoms. The van der Waals surface area contributed by atoms with Crippen molar-refractivity contribution in [3.8, 4) is 22.8 Å². The van der Waals surface area contributed by atoms with Crippen molar-refractivity contribution in [2.45, 2.75) is 4.90 Å². The zero-order valence-electron chi connectivity index (χ0n) is 13.9. The molecular formula is C19H18N2O4S. The van der Waals surface area contributed by atoms with Crippen LogP contribution in [-0.2, 0) is 10.0 Å². The van der Waals surface area contributed by atoms with Crippen molar-refractivity contribution in [1.82, 2.24) is 4.98 Å². The summed E-state index contributed by atoms with van der Waals surface area (Å²) in [6.45, 7) is 0.521. The highest BCUT2D eigenvalue weighted by molar-refractivity contribution is 7.89. The molecule has 0 saturated carbocycles. The van der Waals surface area contributed by atoms with Crippen LogP contribution in [0.2, 0.25) is 0 Å². The van der Waals surface area contributed by atoms with Crippen LogP contribution in [0.1, 0.15) is 0 Å². The van der Waals surface area contributed by atoms with Crippen LogP contribution in [0.25, 0.3) is 11.1 Å². The van der Waals surface area contributed by atoms with Crippen LogP contribution in [0.5, 0.6) is 11.6 Å². The van der Waals surface area contributed by atoms with Crippen LogP contribution in [0, 0.1) is 0 Å². The molecule has 0 aliphatic heterocycles. The summed E-state index contributed by atoms with van der Waals surface area (Å²) < 4.78 is 35.0. The molecule has 0 unspecified atom stereocenters. The van der Waals surface area contributed by atoms with E-state index in [0.29, 0.717) is 17.2 Å².